The van der Waals surface area contributed by atoms with Crippen LogP contribution in [0.25, 0.3) is 17.2 Å². The molecule has 5 heterocycles. The first-order valence-electron chi connectivity index (χ1n) is 9.44. The minimum absolute atomic E-state index is 0.333. The molecule has 5 rings (SSSR count). The highest BCUT2D eigenvalue weighted by Crippen LogP contribution is 2.31. The Labute approximate surface area is 174 Å². The predicted molar refractivity (Wildman–Crippen MR) is 108 cm³/mol. The van der Waals surface area contributed by atoms with E-state index in [1.165, 1.54) is 16.7 Å². The van der Waals surface area contributed by atoms with E-state index < -0.39 is 11.7 Å². The first-order chi connectivity index (χ1) is 15.0. The molecule has 0 aromatic carbocycles. The summed E-state index contributed by atoms with van der Waals surface area (Å²) in [6.07, 6.45) is 2.40. The molecule has 0 radical (unpaired) electrons. The van der Waals surface area contributed by atoms with E-state index in [2.05, 4.69) is 41.7 Å². The topological polar surface area (TPSA) is 127 Å². The van der Waals surface area contributed by atoms with Gasteiger partial charge in [-0.15, -0.1) is 0 Å². The Kier molecular flexibility index (Phi) is 5.57. The maximum atomic E-state index is 13.1. The molecule has 1 unspecified atom stereocenters. The quantitative estimate of drug-likeness (QED) is 0.336. The van der Waals surface area contributed by atoms with Crippen molar-refractivity contribution in [3.05, 3.63) is 60.3 Å². The van der Waals surface area contributed by atoms with Gasteiger partial charge >= 0.3 is 6.18 Å². The summed E-state index contributed by atoms with van der Waals surface area (Å²) < 4.78 is 40.7. The molecule has 0 amide bonds. The van der Waals surface area contributed by atoms with Gasteiger partial charge in [-0.25, -0.2) is 15.0 Å². The molecular weight excluding hydrogens is 411 g/mol. The van der Waals surface area contributed by atoms with Gasteiger partial charge in [-0.2, -0.15) is 18.3 Å². The number of fused-ring (bicyclic) bond motifs is 1. The van der Waals surface area contributed by atoms with E-state index in [0.717, 1.165) is 43.3 Å². The van der Waals surface area contributed by atoms with Crippen molar-refractivity contribution < 1.29 is 13.2 Å². The smallest absolute Gasteiger partial charge is 0.356 e. The largest absolute Gasteiger partial charge is 0.417 e. The van der Waals surface area contributed by atoms with Crippen LogP contribution in [0.2, 0.25) is 0 Å². The van der Waals surface area contributed by atoms with Crippen molar-refractivity contribution in [2.45, 2.75) is 18.5 Å². The number of nitrogens with one attached hydrogen (secondary N) is 1. The van der Waals surface area contributed by atoms with Crippen LogP contribution in [0.3, 0.4) is 0 Å². The van der Waals surface area contributed by atoms with E-state index in [1.807, 2.05) is 12.1 Å². The van der Waals surface area contributed by atoms with Crippen LogP contribution in [0.4, 0.5) is 19.0 Å². The number of imidazole rings is 1. The monoisotopic (exact) mass is 431 g/mol. The van der Waals surface area contributed by atoms with Crippen LogP contribution in [0.1, 0.15) is 23.6 Å². The highest BCUT2D eigenvalue weighted by molar-refractivity contribution is 5.59. The fraction of sp³-hybridized carbons (Fsp3) is 0.263. The first-order valence-corrected chi connectivity index (χ1v) is 9.44. The summed E-state index contributed by atoms with van der Waals surface area (Å²) in [6, 6.07) is 6.13. The Morgan fingerprint density at radius 1 is 1.06 bits per heavy atom. The van der Waals surface area contributed by atoms with Gasteiger partial charge < -0.3 is 4.90 Å². The van der Waals surface area contributed by atoms with Gasteiger partial charge in [0, 0.05) is 43.3 Å². The highest BCUT2D eigenvalue weighted by Gasteiger charge is 2.31. The molecule has 9 nitrogen and oxygen atoms in total. The van der Waals surface area contributed by atoms with Gasteiger partial charge in [-0.05, 0) is 30.7 Å². The third kappa shape index (κ3) is 4.07. The van der Waals surface area contributed by atoms with Crippen LogP contribution in [0, 0.1) is 0 Å². The Morgan fingerprint density at radius 2 is 1.90 bits per heavy atom. The lowest BCUT2D eigenvalue weighted by molar-refractivity contribution is -0.137. The summed E-state index contributed by atoms with van der Waals surface area (Å²) >= 11 is 0. The number of hydrogen-bond donors (Lipinski definition) is 3. The molecule has 1 fully saturated rings. The highest BCUT2D eigenvalue weighted by atomic mass is 19.4. The molecule has 31 heavy (non-hydrogen) atoms. The van der Waals surface area contributed by atoms with Crippen LogP contribution in [-0.2, 0) is 6.18 Å². The average Bonchev–Trinajstić information content (AvgIpc) is 3.54. The Bertz CT molecular complexity index is 1150. The zero-order valence-corrected chi connectivity index (χ0v) is 16.3. The zero-order valence-electron chi connectivity index (χ0n) is 16.3. The number of alkyl halides is 3. The van der Waals surface area contributed by atoms with Crippen molar-refractivity contribution in [2.75, 3.05) is 18.0 Å². The van der Waals surface area contributed by atoms with Gasteiger partial charge in [-0.1, -0.05) is 0 Å². The number of rotatable bonds is 3. The second-order valence-corrected chi connectivity index (χ2v) is 6.97. The lowest BCUT2D eigenvalue weighted by Crippen LogP contribution is -2.20. The number of H-pyrrole nitrogens is 1. The minimum atomic E-state index is -4.43. The maximum Gasteiger partial charge on any atom is 0.417 e. The fourth-order valence-electron chi connectivity index (χ4n) is 3.68. The van der Waals surface area contributed by atoms with Crippen LogP contribution in [-0.4, -0.2) is 42.6 Å². The van der Waals surface area contributed by atoms with Crippen LogP contribution < -0.4 is 16.6 Å². The summed E-state index contributed by atoms with van der Waals surface area (Å²) in [7, 11) is 0. The fourth-order valence-corrected chi connectivity index (χ4v) is 3.68. The van der Waals surface area contributed by atoms with Gasteiger partial charge in [-0.3, -0.25) is 21.2 Å². The van der Waals surface area contributed by atoms with Gasteiger partial charge in [0.15, 0.2) is 5.82 Å². The average molecular weight is 431 g/mol. The van der Waals surface area contributed by atoms with Crippen LogP contribution >= 0.6 is 0 Å². The molecule has 1 aliphatic rings. The number of anilines is 1. The van der Waals surface area contributed by atoms with E-state index in [4.69, 9.17) is 0 Å². The standard InChI is InChI=1S/C19H16F3N7.H4N2/c20-19(21,22)13-1-2-16-24-9-15(29(16)11-13)18-23-6-4-17(26-18)28-8-5-12(10-28)14-3-7-25-27-14;1-2/h1-4,6-7,9,11-12H,5,8,10H2,(H,25,27);1-2H2. The van der Waals surface area contributed by atoms with E-state index in [1.54, 1.807) is 12.4 Å². The molecule has 4 aromatic heterocycles. The van der Waals surface area contributed by atoms with E-state index in [-0.39, 0.29) is 0 Å². The number of hydrazine groups is 1. The van der Waals surface area contributed by atoms with Crippen molar-refractivity contribution in [3.63, 3.8) is 0 Å². The van der Waals surface area contributed by atoms with Gasteiger partial charge in [0.2, 0.25) is 0 Å². The van der Waals surface area contributed by atoms with Crippen molar-refractivity contribution in [1.82, 2.24) is 29.5 Å². The molecule has 162 valence electrons. The van der Waals surface area contributed by atoms with Gasteiger partial charge in [0.25, 0.3) is 0 Å². The van der Waals surface area contributed by atoms with Gasteiger partial charge in [0.1, 0.15) is 17.2 Å². The normalized spacial score (nSPS) is 16.4. The molecule has 12 heteroatoms. The summed E-state index contributed by atoms with van der Waals surface area (Å²) in [6.45, 7) is 1.61. The summed E-state index contributed by atoms with van der Waals surface area (Å²) in [5.41, 5.74) is 1.16. The van der Waals surface area contributed by atoms with E-state index in [9.17, 15) is 13.2 Å². The molecule has 5 N–H and O–H groups in total. The molecule has 0 aliphatic carbocycles. The molecule has 0 bridgehead atoms. The third-order valence-corrected chi connectivity index (χ3v) is 5.18. The number of nitrogens with two attached hydrogens (primary N) is 2. The summed E-state index contributed by atoms with van der Waals surface area (Å²) in [5, 5.41) is 7.02. The molecule has 1 atom stereocenters. The lowest BCUT2D eigenvalue weighted by Gasteiger charge is -2.17. The Hall–Kier alpha value is -3.51. The number of nitrogens with zero attached hydrogens (tertiary/aromatic N) is 6. The number of pyridine rings is 1. The minimum Gasteiger partial charge on any atom is -0.356 e. The summed E-state index contributed by atoms with van der Waals surface area (Å²) in [5.74, 6) is 9.40. The lowest BCUT2D eigenvalue weighted by atomic mass is 10.1. The predicted octanol–water partition coefficient (Wildman–Crippen LogP) is 2.35. The number of hydrogen-bond acceptors (Lipinski definition) is 7. The number of halogens is 3. The Morgan fingerprint density at radius 3 is 2.65 bits per heavy atom. The molecule has 0 saturated carbocycles. The second kappa shape index (κ2) is 8.32. The van der Waals surface area contributed by atoms with Crippen molar-refractivity contribution in [2.24, 2.45) is 11.7 Å². The molecular formula is C19H20F3N9. The molecule has 1 aliphatic heterocycles. The van der Waals surface area contributed by atoms with E-state index in [0.29, 0.717) is 23.1 Å². The molecule has 4 aromatic rings. The maximum absolute atomic E-state index is 13.1. The third-order valence-electron chi connectivity index (χ3n) is 5.18. The second-order valence-electron chi connectivity index (χ2n) is 6.97. The zero-order chi connectivity index (χ0) is 22.0. The van der Waals surface area contributed by atoms with Crippen LogP contribution in [0.5, 0.6) is 0 Å². The SMILES string of the molecule is FC(F)(F)c1ccc2ncc(-c3nccc(N4CCC(c5ccn[nH]5)C4)n3)n2c1.NN. The van der Waals surface area contributed by atoms with Crippen LogP contribution in [0.15, 0.2) is 49.1 Å². The number of aromatic amines is 1. The van der Waals surface area contributed by atoms with Crippen molar-refractivity contribution in [3.8, 4) is 11.5 Å². The van der Waals surface area contributed by atoms with Crippen molar-refractivity contribution in [1.29, 1.82) is 0 Å². The molecule has 1 saturated heterocycles. The first kappa shape index (κ1) is 20.8. The van der Waals surface area contributed by atoms with Gasteiger partial charge in [0.05, 0.1) is 11.8 Å². The molecule has 0 spiro atoms. The summed E-state index contributed by atoms with van der Waals surface area (Å²) in [4.78, 5) is 15.2. The number of aromatic nitrogens is 6. The van der Waals surface area contributed by atoms with E-state index >= 15 is 0 Å². The Balaban J connectivity index is 0.00000112. The van der Waals surface area contributed by atoms with Crippen molar-refractivity contribution >= 4 is 11.5 Å².